The summed E-state index contributed by atoms with van der Waals surface area (Å²) in [4.78, 5) is 1.72. The van der Waals surface area contributed by atoms with Gasteiger partial charge in [-0.2, -0.15) is 0 Å². The minimum absolute atomic E-state index is 0.0940. The number of hydrogen-bond donors (Lipinski definition) is 3. The van der Waals surface area contributed by atoms with E-state index in [4.69, 9.17) is 0 Å². The Labute approximate surface area is 86.9 Å². The number of aromatic hydroxyl groups is 2. The van der Waals surface area contributed by atoms with Crippen molar-refractivity contribution in [2.75, 3.05) is 31.1 Å². The van der Waals surface area contributed by atoms with Gasteiger partial charge in [0.2, 0.25) is 0 Å². The van der Waals surface area contributed by atoms with Gasteiger partial charge in [0.25, 0.3) is 0 Å². The third-order valence-corrected chi connectivity index (χ3v) is 2.51. The van der Waals surface area contributed by atoms with Gasteiger partial charge in [0.15, 0.2) is 11.6 Å². The Morgan fingerprint density at radius 2 is 1.73 bits per heavy atom. The SMILES string of the molecule is Oc1ccc(O)c(N2CCNCC2)c1F. The van der Waals surface area contributed by atoms with Gasteiger partial charge in [0, 0.05) is 26.2 Å². The van der Waals surface area contributed by atoms with Crippen molar-refractivity contribution < 1.29 is 14.6 Å². The molecule has 1 aliphatic heterocycles. The normalized spacial score (nSPS) is 16.7. The van der Waals surface area contributed by atoms with Gasteiger partial charge in [-0.25, -0.2) is 4.39 Å². The number of phenolic OH excluding ortho intramolecular Hbond substituents is 2. The molecule has 0 bridgehead atoms. The highest BCUT2D eigenvalue weighted by atomic mass is 19.1. The van der Waals surface area contributed by atoms with Crippen molar-refractivity contribution in [3.63, 3.8) is 0 Å². The van der Waals surface area contributed by atoms with Crippen LogP contribution in [0.2, 0.25) is 0 Å². The molecule has 4 nitrogen and oxygen atoms in total. The fourth-order valence-corrected chi connectivity index (χ4v) is 1.73. The molecule has 0 amide bonds. The number of nitrogens with zero attached hydrogens (tertiary/aromatic N) is 1. The first kappa shape index (κ1) is 10.0. The lowest BCUT2D eigenvalue weighted by atomic mass is 10.2. The van der Waals surface area contributed by atoms with E-state index >= 15 is 0 Å². The van der Waals surface area contributed by atoms with Crippen molar-refractivity contribution in [1.29, 1.82) is 0 Å². The molecule has 1 aromatic carbocycles. The lowest BCUT2D eigenvalue weighted by Gasteiger charge is -2.30. The average molecular weight is 212 g/mol. The molecule has 0 atom stereocenters. The Morgan fingerprint density at radius 3 is 2.40 bits per heavy atom. The number of rotatable bonds is 1. The first-order valence-corrected chi connectivity index (χ1v) is 4.86. The molecule has 3 N–H and O–H groups in total. The molecule has 0 aliphatic carbocycles. The Kier molecular flexibility index (Phi) is 2.64. The minimum atomic E-state index is -0.753. The Balaban J connectivity index is 2.36. The predicted octanol–water partition coefficient (Wildman–Crippen LogP) is 0.647. The molecule has 82 valence electrons. The van der Waals surface area contributed by atoms with E-state index < -0.39 is 11.6 Å². The standard InChI is InChI=1S/C10H13FN2O2/c11-9-7(14)1-2-8(15)10(9)13-5-3-12-4-6-13/h1-2,12,14-15H,3-6H2. The second kappa shape index (κ2) is 3.94. The van der Waals surface area contributed by atoms with Gasteiger partial charge in [-0.15, -0.1) is 0 Å². The second-order valence-corrected chi connectivity index (χ2v) is 3.50. The number of phenols is 2. The molecule has 1 aliphatic rings. The highest BCUT2D eigenvalue weighted by molar-refractivity contribution is 5.62. The van der Waals surface area contributed by atoms with Crippen LogP contribution >= 0.6 is 0 Å². The van der Waals surface area contributed by atoms with Gasteiger partial charge in [-0.1, -0.05) is 0 Å². The molecule has 0 radical (unpaired) electrons. The number of halogens is 1. The summed E-state index contributed by atoms with van der Waals surface area (Å²) in [6.07, 6.45) is 0. The molecule has 1 heterocycles. The van der Waals surface area contributed by atoms with Crippen LogP contribution in [0, 0.1) is 5.82 Å². The molecule has 1 aromatic rings. The molecule has 2 rings (SSSR count). The maximum Gasteiger partial charge on any atom is 0.191 e. The smallest absolute Gasteiger partial charge is 0.191 e. The van der Waals surface area contributed by atoms with Crippen LogP contribution < -0.4 is 10.2 Å². The van der Waals surface area contributed by atoms with Crippen LogP contribution in [0.25, 0.3) is 0 Å². The highest BCUT2D eigenvalue weighted by Crippen LogP contribution is 2.35. The summed E-state index contributed by atoms with van der Waals surface area (Å²) < 4.78 is 13.6. The van der Waals surface area contributed by atoms with Gasteiger partial charge in [0.05, 0.1) is 0 Å². The van der Waals surface area contributed by atoms with E-state index in [1.54, 1.807) is 4.90 Å². The minimum Gasteiger partial charge on any atom is -0.506 e. The monoisotopic (exact) mass is 212 g/mol. The van der Waals surface area contributed by atoms with Crippen LogP contribution in [-0.2, 0) is 0 Å². The summed E-state index contributed by atoms with van der Waals surface area (Å²) in [5, 5.41) is 21.9. The molecular formula is C10H13FN2O2. The molecule has 5 heteroatoms. The van der Waals surface area contributed by atoms with E-state index in [1.807, 2.05) is 0 Å². The van der Waals surface area contributed by atoms with Crippen molar-refractivity contribution in [1.82, 2.24) is 5.32 Å². The van der Waals surface area contributed by atoms with Gasteiger partial charge in [-0.05, 0) is 12.1 Å². The van der Waals surface area contributed by atoms with E-state index in [0.717, 1.165) is 19.2 Å². The first-order chi connectivity index (χ1) is 7.20. The van der Waals surface area contributed by atoms with Crippen LogP contribution in [0.15, 0.2) is 12.1 Å². The number of piperazine rings is 1. The third kappa shape index (κ3) is 1.83. The maximum absolute atomic E-state index is 13.6. The number of anilines is 1. The summed E-state index contributed by atoms with van der Waals surface area (Å²) in [7, 11) is 0. The largest absolute Gasteiger partial charge is 0.506 e. The van der Waals surface area contributed by atoms with E-state index in [1.165, 1.54) is 6.07 Å². The van der Waals surface area contributed by atoms with E-state index in [2.05, 4.69) is 5.32 Å². The fraction of sp³-hybridized carbons (Fsp3) is 0.400. The zero-order valence-corrected chi connectivity index (χ0v) is 8.20. The molecule has 15 heavy (non-hydrogen) atoms. The van der Waals surface area contributed by atoms with Crippen LogP contribution in [0.4, 0.5) is 10.1 Å². The zero-order valence-electron chi connectivity index (χ0n) is 8.20. The van der Waals surface area contributed by atoms with Crippen molar-refractivity contribution in [2.24, 2.45) is 0 Å². The summed E-state index contributed by atoms with van der Waals surface area (Å²) in [5.74, 6) is -1.31. The number of hydrogen-bond acceptors (Lipinski definition) is 4. The third-order valence-electron chi connectivity index (χ3n) is 2.51. The van der Waals surface area contributed by atoms with Gasteiger partial charge in [-0.3, -0.25) is 0 Å². The number of nitrogens with one attached hydrogen (secondary N) is 1. The molecule has 1 saturated heterocycles. The lowest BCUT2D eigenvalue weighted by molar-refractivity contribution is 0.418. The van der Waals surface area contributed by atoms with Crippen molar-refractivity contribution >= 4 is 5.69 Å². The van der Waals surface area contributed by atoms with Crippen molar-refractivity contribution in [3.05, 3.63) is 17.9 Å². The Hall–Kier alpha value is -1.49. The van der Waals surface area contributed by atoms with Gasteiger partial charge < -0.3 is 20.4 Å². The van der Waals surface area contributed by atoms with Gasteiger partial charge >= 0.3 is 0 Å². The van der Waals surface area contributed by atoms with Crippen LogP contribution in [-0.4, -0.2) is 36.4 Å². The second-order valence-electron chi connectivity index (χ2n) is 3.50. The maximum atomic E-state index is 13.6. The number of benzene rings is 1. The van der Waals surface area contributed by atoms with Crippen LogP contribution in [0.1, 0.15) is 0 Å². The van der Waals surface area contributed by atoms with Gasteiger partial charge in [0.1, 0.15) is 11.4 Å². The quantitative estimate of drug-likeness (QED) is 0.598. The molecule has 1 fully saturated rings. The molecular weight excluding hydrogens is 199 g/mol. The fourth-order valence-electron chi connectivity index (χ4n) is 1.73. The topological polar surface area (TPSA) is 55.7 Å². The predicted molar refractivity (Wildman–Crippen MR) is 54.8 cm³/mol. The van der Waals surface area contributed by atoms with E-state index in [-0.39, 0.29) is 11.4 Å². The lowest BCUT2D eigenvalue weighted by Crippen LogP contribution is -2.43. The van der Waals surface area contributed by atoms with Crippen molar-refractivity contribution in [2.45, 2.75) is 0 Å². The van der Waals surface area contributed by atoms with E-state index in [9.17, 15) is 14.6 Å². The molecule has 0 aromatic heterocycles. The first-order valence-electron chi connectivity index (χ1n) is 4.86. The van der Waals surface area contributed by atoms with Crippen LogP contribution in [0.3, 0.4) is 0 Å². The zero-order chi connectivity index (χ0) is 10.8. The van der Waals surface area contributed by atoms with Crippen molar-refractivity contribution in [3.8, 4) is 11.5 Å². The summed E-state index contributed by atoms with van der Waals surface area (Å²) in [5.41, 5.74) is 0.0940. The molecule has 0 unspecified atom stereocenters. The Morgan fingerprint density at radius 1 is 1.13 bits per heavy atom. The highest BCUT2D eigenvalue weighted by Gasteiger charge is 2.20. The Bertz CT molecular complexity index is 365. The summed E-state index contributed by atoms with van der Waals surface area (Å²) in [6.45, 7) is 2.73. The molecule has 0 saturated carbocycles. The van der Waals surface area contributed by atoms with Crippen LogP contribution in [0.5, 0.6) is 11.5 Å². The summed E-state index contributed by atoms with van der Waals surface area (Å²) >= 11 is 0. The molecule has 0 spiro atoms. The summed E-state index contributed by atoms with van der Waals surface area (Å²) in [6, 6.07) is 2.45. The van der Waals surface area contributed by atoms with E-state index in [0.29, 0.717) is 13.1 Å². The average Bonchev–Trinajstić information content (AvgIpc) is 2.26.